The molecule has 1 aromatic carbocycles. The Labute approximate surface area is 121 Å². The molecule has 0 bridgehead atoms. The minimum absolute atomic E-state index is 0.116. The monoisotopic (exact) mass is 297 g/mol. The zero-order chi connectivity index (χ0) is 14.8. The Balaban J connectivity index is 2.17. The maximum atomic E-state index is 12.6. The van der Waals surface area contributed by atoms with Gasteiger partial charge in [-0.05, 0) is 32.9 Å². The van der Waals surface area contributed by atoms with E-state index in [1.807, 2.05) is 38.1 Å². The van der Waals surface area contributed by atoms with Gasteiger partial charge in [0.05, 0.1) is 17.1 Å². The molecule has 0 radical (unpaired) electrons. The minimum atomic E-state index is -3.17. The lowest BCUT2D eigenvalue weighted by molar-refractivity contribution is 0.126. The highest BCUT2D eigenvalue weighted by molar-refractivity contribution is 7.92. The summed E-state index contributed by atoms with van der Waals surface area (Å²) in [5.41, 5.74) is 2.15. The first kappa shape index (κ1) is 15.5. The molecule has 1 fully saturated rings. The van der Waals surface area contributed by atoms with E-state index in [1.54, 1.807) is 7.05 Å². The van der Waals surface area contributed by atoms with E-state index in [1.165, 1.54) is 0 Å². The lowest BCUT2D eigenvalue weighted by Gasteiger charge is -2.21. The summed E-state index contributed by atoms with van der Waals surface area (Å²) >= 11 is 0. The summed E-state index contributed by atoms with van der Waals surface area (Å²) in [6, 6.07) is 7.80. The molecule has 1 aliphatic heterocycles. The van der Waals surface area contributed by atoms with Crippen LogP contribution in [-0.2, 0) is 14.6 Å². The predicted molar refractivity (Wildman–Crippen MR) is 80.6 cm³/mol. The number of nitrogens with one attached hydrogen (secondary N) is 1. The first-order valence-electron chi connectivity index (χ1n) is 7.01. The Bertz CT molecular complexity index is 556. The predicted octanol–water partition coefficient (Wildman–Crippen LogP) is 1.85. The number of ether oxygens (including phenoxy) is 1. The number of hydrogen-bond acceptors (Lipinski definition) is 4. The Morgan fingerprint density at radius 2 is 2.20 bits per heavy atom. The maximum Gasteiger partial charge on any atom is 0.157 e. The fraction of sp³-hybridized carbons (Fsp3) is 0.600. The van der Waals surface area contributed by atoms with Crippen LogP contribution in [-0.4, -0.2) is 39.2 Å². The van der Waals surface area contributed by atoms with Crippen LogP contribution in [0.1, 0.15) is 30.5 Å². The van der Waals surface area contributed by atoms with E-state index in [2.05, 4.69) is 5.32 Å². The van der Waals surface area contributed by atoms with Gasteiger partial charge in [0.15, 0.2) is 9.84 Å². The van der Waals surface area contributed by atoms with Gasteiger partial charge in [-0.2, -0.15) is 0 Å². The number of sulfone groups is 1. The molecule has 0 aromatic heterocycles. The highest BCUT2D eigenvalue weighted by Gasteiger charge is 2.37. The van der Waals surface area contributed by atoms with Crippen LogP contribution >= 0.6 is 0 Å². The van der Waals surface area contributed by atoms with Crippen molar-refractivity contribution in [1.29, 1.82) is 0 Å². The summed E-state index contributed by atoms with van der Waals surface area (Å²) in [5.74, 6) is 0.116. The maximum absolute atomic E-state index is 12.6. The van der Waals surface area contributed by atoms with Gasteiger partial charge in [-0.3, -0.25) is 0 Å². The average molecular weight is 297 g/mol. The molecular weight excluding hydrogens is 274 g/mol. The van der Waals surface area contributed by atoms with Crippen molar-refractivity contribution in [2.75, 3.05) is 19.4 Å². The normalized spacial score (nSPS) is 24.8. The Hall–Kier alpha value is -0.910. The fourth-order valence-corrected chi connectivity index (χ4v) is 4.96. The Morgan fingerprint density at radius 1 is 1.45 bits per heavy atom. The first-order valence-corrected chi connectivity index (χ1v) is 8.72. The van der Waals surface area contributed by atoms with Crippen molar-refractivity contribution in [2.45, 2.75) is 37.7 Å². The van der Waals surface area contributed by atoms with Gasteiger partial charge in [0.2, 0.25) is 0 Å². The number of rotatable bonds is 5. The van der Waals surface area contributed by atoms with Crippen molar-refractivity contribution in [3.05, 3.63) is 35.4 Å². The molecular formula is C15H23NO3S. The largest absolute Gasteiger partial charge is 0.377 e. The molecule has 1 N–H and O–H groups in total. The first-order chi connectivity index (χ1) is 9.44. The molecule has 0 amide bonds. The van der Waals surface area contributed by atoms with Gasteiger partial charge in [-0.15, -0.1) is 0 Å². The van der Waals surface area contributed by atoms with Crippen LogP contribution in [0.15, 0.2) is 24.3 Å². The van der Waals surface area contributed by atoms with Crippen LogP contribution in [0.4, 0.5) is 0 Å². The SMILES string of the molecule is CNC(CS(=O)(=O)C1CCOC1C)c1cccc(C)c1. The fourth-order valence-electron chi connectivity index (χ4n) is 2.77. The summed E-state index contributed by atoms with van der Waals surface area (Å²) < 4.78 is 30.5. The third-order valence-electron chi connectivity index (χ3n) is 3.96. The molecule has 2 rings (SSSR count). The molecule has 1 saturated heterocycles. The second-order valence-electron chi connectivity index (χ2n) is 5.49. The summed E-state index contributed by atoms with van der Waals surface area (Å²) in [6.45, 7) is 4.40. The Kier molecular flexibility index (Phi) is 4.83. The standard InChI is InChI=1S/C15H23NO3S/c1-11-5-4-6-13(9-11)14(16-3)10-20(17,18)15-7-8-19-12(15)2/h4-6,9,12,14-16H,7-8,10H2,1-3H3. The van der Waals surface area contributed by atoms with Crippen molar-refractivity contribution in [3.8, 4) is 0 Å². The molecule has 1 aromatic rings. The third kappa shape index (κ3) is 3.40. The van der Waals surface area contributed by atoms with Crippen LogP contribution in [0.3, 0.4) is 0 Å². The molecule has 5 heteroatoms. The lowest BCUT2D eigenvalue weighted by Crippen LogP contribution is -2.35. The molecule has 0 saturated carbocycles. The van der Waals surface area contributed by atoms with E-state index in [0.29, 0.717) is 13.0 Å². The van der Waals surface area contributed by atoms with Gasteiger partial charge in [-0.1, -0.05) is 29.8 Å². The smallest absolute Gasteiger partial charge is 0.157 e. The van der Waals surface area contributed by atoms with Crippen LogP contribution in [0.2, 0.25) is 0 Å². The van der Waals surface area contributed by atoms with Crippen LogP contribution in [0, 0.1) is 6.92 Å². The van der Waals surface area contributed by atoms with Crippen molar-refractivity contribution in [3.63, 3.8) is 0 Å². The molecule has 112 valence electrons. The van der Waals surface area contributed by atoms with E-state index in [9.17, 15) is 8.42 Å². The summed E-state index contributed by atoms with van der Waals surface area (Å²) in [7, 11) is -1.37. The van der Waals surface area contributed by atoms with E-state index >= 15 is 0 Å². The van der Waals surface area contributed by atoms with Crippen LogP contribution < -0.4 is 5.32 Å². The van der Waals surface area contributed by atoms with Crippen molar-refractivity contribution < 1.29 is 13.2 Å². The molecule has 0 spiro atoms. The van der Waals surface area contributed by atoms with Gasteiger partial charge in [-0.25, -0.2) is 8.42 Å². The summed E-state index contributed by atoms with van der Waals surface area (Å²) in [5, 5.41) is 2.75. The quantitative estimate of drug-likeness (QED) is 0.901. The van der Waals surface area contributed by atoms with Crippen molar-refractivity contribution in [2.24, 2.45) is 0 Å². The van der Waals surface area contributed by atoms with Gasteiger partial charge in [0.1, 0.15) is 0 Å². The second kappa shape index (κ2) is 6.24. The van der Waals surface area contributed by atoms with Crippen molar-refractivity contribution in [1.82, 2.24) is 5.32 Å². The molecule has 1 aliphatic rings. The van der Waals surface area contributed by atoms with Crippen molar-refractivity contribution >= 4 is 9.84 Å². The molecule has 20 heavy (non-hydrogen) atoms. The number of hydrogen-bond donors (Lipinski definition) is 1. The van der Waals surface area contributed by atoms with Crippen LogP contribution in [0.5, 0.6) is 0 Å². The van der Waals surface area contributed by atoms with Gasteiger partial charge in [0, 0.05) is 12.6 Å². The second-order valence-corrected chi connectivity index (χ2v) is 7.75. The molecule has 3 atom stereocenters. The van der Waals surface area contributed by atoms with Crippen LogP contribution in [0.25, 0.3) is 0 Å². The third-order valence-corrected chi connectivity index (χ3v) is 6.30. The Morgan fingerprint density at radius 3 is 2.75 bits per heavy atom. The minimum Gasteiger partial charge on any atom is -0.377 e. The summed E-state index contributed by atoms with van der Waals surface area (Å²) in [6.07, 6.45) is 0.406. The van der Waals surface area contributed by atoms with Gasteiger partial charge >= 0.3 is 0 Å². The highest BCUT2D eigenvalue weighted by Crippen LogP contribution is 2.25. The molecule has 3 unspecified atom stereocenters. The highest BCUT2D eigenvalue weighted by atomic mass is 32.2. The molecule has 4 nitrogen and oxygen atoms in total. The summed E-state index contributed by atoms with van der Waals surface area (Å²) in [4.78, 5) is 0. The average Bonchev–Trinajstić information content (AvgIpc) is 2.83. The van der Waals surface area contributed by atoms with Gasteiger partial charge < -0.3 is 10.1 Å². The zero-order valence-electron chi connectivity index (χ0n) is 12.3. The van der Waals surface area contributed by atoms with Gasteiger partial charge in [0.25, 0.3) is 0 Å². The zero-order valence-corrected chi connectivity index (χ0v) is 13.1. The van der Waals surface area contributed by atoms with E-state index in [-0.39, 0.29) is 23.1 Å². The van der Waals surface area contributed by atoms with E-state index < -0.39 is 9.84 Å². The van der Waals surface area contributed by atoms with E-state index in [0.717, 1.165) is 11.1 Å². The number of benzene rings is 1. The number of aryl methyl sites for hydroxylation is 1. The molecule has 1 heterocycles. The lowest BCUT2D eigenvalue weighted by atomic mass is 10.1. The molecule has 0 aliphatic carbocycles. The van der Waals surface area contributed by atoms with E-state index in [4.69, 9.17) is 4.74 Å². The topological polar surface area (TPSA) is 55.4 Å².